The van der Waals surface area contributed by atoms with Gasteiger partial charge in [-0.2, -0.15) is 0 Å². The Morgan fingerprint density at radius 3 is 2.62 bits per heavy atom. The van der Waals surface area contributed by atoms with Gasteiger partial charge in [-0.1, -0.05) is 22.9 Å². The topological polar surface area (TPSA) is 80.9 Å². The number of rotatable bonds is 5. The number of aliphatic carboxylic acids is 1. The van der Waals surface area contributed by atoms with Crippen molar-refractivity contribution in [1.82, 2.24) is 20.2 Å². The Morgan fingerprint density at radius 2 is 2.05 bits per heavy atom. The summed E-state index contributed by atoms with van der Waals surface area (Å²) in [7, 11) is 0. The van der Waals surface area contributed by atoms with E-state index in [0.717, 1.165) is 12.1 Å². The Balaban J connectivity index is 2.35. The monoisotopic (exact) mass is 360 g/mol. The first-order valence-electron chi connectivity index (χ1n) is 6.01. The molecule has 0 aliphatic heterocycles. The normalized spacial score (nSPS) is 12.4. The smallest absolute Gasteiger partial charge is 0.303 e. The van der Waals surface area contributed by atoms with Crippen molar-refractivity contribution in [2.45, 2.75) is 19.9 Å². The first-order chi connectivity index (χ1) is 9.88. The van der Waals surface area contributed by atoms with Crippen LogP contribution in [0.1, 0.15) is 13.3 Å². The van der Waals surface area contributed by atoms with Crippen LogP contribution in [0.2, 0.25) is 0 Å². The van der Waals surface area contributed by atoms with Crippen molar-refractivity contribution in [2.24, 2.45) is 5.92 Å². The Kier molecular flexibility index (Phi) is 4.61. The molecule has 1 atom stereocenters. The van der Waals surface area contributed by atoms with E-state index in [2.05, 4.69) is 31.5 Å². The number of hydrogen-bond donors (Lipinski definition) is 1. The van der Waals surface area contributed by atoms with Gasteiger partial charge in [0.05, 0.1) is 5.56 Å². The van der Waals surface area contributed by atoms with Crippen LogP contribution in [0.5, 0.6) is 0 Å². The molecule has 1 heterocycles. The molecule has 2 aromatic rings. The predicted octanol–water partition coefficient (Wildman–Crippen LogP) is 2.49. The van der Waals surface area contributed by atoms with Crippen LogP contribution in [0.25, 0.3) is 11.4 Å². The molecule has 0 saturated heterocycles. The number of tetrazole rings is 1. The van der Waals surface area contributed by atoms with Crippen molar-refractivity contribution in [3.8, 4) is 11.4 Å². The van der Waals surface area contributed by atoms with Gasteiger partial charge in [0.15, 0.2) is 5.82 Å². The predicted molar refractivity (Wildman–Crippen MR) is 72.3 cm³/mol. The summed E-state index contributed by atoms with van der Waals surface area (Å²) in [5.74, 6) is -2.92. The highest BCUT2D eigenvalue weighted by Crippen LogP contribution is 2.27. The summed E-state index contributed by atoms with van der Waals surface area (Å²) in [6.07, 6.45) is -0.0927. The molecular weight excluding hydrogens is 350 g/mol. The summed E-state index contributed by atoms with van der Waals surface area (Å²) in [5.41, 5.74) is -0.342. The maximum Gasteiger partial charge on any atom is 0.303 e. The summed E-state index contributed by atoms with van der Waals surface area (Å²) in [4.78, 5) is 10.7. The third-order valence-corrected chi connectivity index (χ3v) is 3.23. The minimum absolute atomic E-state index is 0.0743. The summed E-state index contributed by atoms with van der Waals surface area (Å²) in [5, 5.41) is 19.4. The number of benzene rings is 1. The number of carbonyl (C=O) groups is 1. The molecule has 0 fully saturated rings. The van der Waals surface area contributed by atoms with Crippen molar-refractivity contribution < 1.29 is 18.7 Å². The minimum Gasteiger partial charge on any atom is -0.481 e. The standard InChI is InChI=1S/C12H11BrF2N4O2/c1-6(2-10(20)21)5-19-12(16-17-18-19)11-8(14)3-7(13)4-9(11)15/h3-4,6H,2,5H2,1H3,(H,20,21). The quantitative estimate of drug-likeness (QED) is 0.885. The maximum atomic E-state index is 13.9. The molecule has 1 N–H and O–H groups in total. The Morgan fingerprint density at radius 1 is 1.43 bits per heavy atom. The fourth-order valence-corrected chi connectivity index (χ4v) is 2.32. The van der Waals surface area contributed by atoms with Crippen molar-refractivity contribution in [3.63, 3.8) is 0 Å². The van der Waals surface area contributed by atoms with Crippen LogP contribution in [-0.4, -0.2) is 31.3 Å². The van der Waals surface area contributed by atoms with E-state index in [1.165, 1.54) is 4.68 Å². The van der Waals surface area contributed by atoms with Crippen molar-refractivity contribution in [2.75, 3.05) is 0 Å². The second kappa shape index (κ2) is 6.25. The van der Waals surface area contributed by atoms with E-state index in [0.29, 0.717) is 0 Å². The molecule has 0 bridgehead atoms. The summed E-state index contributed by atoms with van der Waals surface area (Å²) < 4.78 is 29.3. The molecule has 21 heavy (non-hydrogen) atoms. The zero-order chi connectivity index (χ0) is 15.6. The van der Waals surface area contributed by atoms with Crippen molar-refractivity contribution >= 4 is 21.9 Å². The van der Waals surface area contributed by atoms with Crippen LogP contribution in [0, 0.1) is 17.6 Å². The second-order valence-corrected chi connectivity index (χ2v) is 5.55. The van der Waals surface area contributed by atoms with Gasteiger partial charge in [-0.15, -0.1) is 5.10 Å². The lowest BCUT2D eigenvalue weighted by molar-refractivity contribution is -0.138. The molecule has 6 nitrogen and oxygen atoms in total. The lowest BCUT2D eigenvalue weighted by Crippen LogP contribution is -2.14. The zero-order valence-electron chi connectivity index (χ0n) is 10.9. The zero-order valence-corrected chi connectivity index (χ0v) is 12.5. The molecule has 0 amide bonds. The summed E-state index contributed by atoms with van der Waals surface area (Å²) in [6.45, 7) is 1.83. The number of hydrogen-bond acceptors (Lipinski definition) is 4. The third-order valence-electron chi connectivity index (χ3n) is 2.77. The molecular formula is C12H11BrF2N4O2. The van der Waals surface area contributed by atoms with Crippen LogP contribution in [0.15, 0.2) is 16.6 Å². The Hall–Kier alpha value is -1.90. The summed E-state index contributed by atoms with van der Waals surface area (Å²) in [6, 6.07) is 2.22. The average Bonchev–Trinajstić information content (AvgIpc) is 2.74. The highest BCUT2D eigenvalue weighted by molar-refractivity contribution is 9.10. The molecule has 9 heteroatoms. The highest BCUT2D eigenvalue weighted by atomic mass is 79.9. The van der Waals surface area contributed by atoms with Gasteiger partial charge in [0.25, 0.3) is 0 Å². The summed E-state index contributed by atoms with van der Waals surface area (Å²) >= 11 is 2.99. The van der Waals surface area contributed by atoms with Crippen LogP contribution in [0.3, 0.4) is 0 Å². The van der Waals surface area contributed by atoms with Gasteiger partial charge in [-0.25, -0.2) is 13.5 Å². The van der Waals surface area contributed by atoms with Gasteiger partial charge in [0.2, 0.25) is 0 Å². The molecule has 0 aliphatic carbocycles. The molecule has 1 aromatic carbocycles. The van der Waals surface area contributed by atoms with Gasteiger partial charge >= 0.3 is 5.97 Å². The van der Waals surface area contributed by atoms with E-state index < -0.39 is 17.6 Å². The molecule has 0 spiro atoms. The molecule has 1 unspecified atom stereocenters. The van der Waals surface area contributed by atoms with Crippen LogP contribution >= 0.6 is 15.9 Å². The van der Waals surface area contributed by atoms with Crippen LogP contribution < -0.4 is 0 Å². The van der Waals surface area contributed by atoms with E-state index in [1.807, 2.05) is 0 Å². The number of aromatic nitrogens is 4. The van der Waals surface area contributed by atoms with E-state index in [9.17, 15) is 13.6 Å². The maximum absolute atomic E-state index is 13.9. The van der Waals surface area contributed by atoms with E-state index in [4.69, 9.17) is 5.11 Å². The average molecular weight is 361 g/mol. The minimum atomic E-state index is -0.960. The third kappa shape index (κ3) is 3.60. The largest absolute Gasteiger partial charge is 0.481 e. The Bertz CT molecular complexity index is 654. The highest BCUT2D eigenvalue weighted by Gasteiger charge is 2.20. The fraction of sp³-hybridized carbons (Fsp3) is 0.333. The van der Waals surface area contributed by atoms with Gasteiger partial charge in [0, 0.05) is 17.4 Å². The Labute approximate surface area is 126 Å². The first-order valence-corrected chi connectivity index (χ1v) is 6.80. The fourth-order valence-electron chi connectivity index (χ4n) is 1.92. The van der Waals surface area contributed by atoms with Gasteiger partial charge in [-0.05, 0) is 28.5 Å². The van der Waals surface area contributed by atoms with Crippen LogP contribution in [0.4, 0.5) is 8.78 Å². The van der Waals surface area contributed by atoms with Gasteiger partial charge in [0.1, 0.15) is 11.6 Å². The number of nitrogens with zero attached hydrogens (tertiary/aromatic N) is 4. The number of carboxylic acid groups (broad SMARTS) is 1. The lowest BCUT2D eigenvalue weighted by Gasteiger charge is -2.11. The molecule has 0 saturated carbocycles. The lowest BCUT2D eigenvalue weighted by atomic mass is 10.1. The number of carboxylic acids is 1. The first kappa shape index (κ1) is 15.5. The van der Waals surface area contributed by atoms with Crippen LogP contribution in [-0.2, 0) is 11.3 Å². The van der Waals surface area contributed by atoms with Crippen molar-refractivity contribution in [1.29, 1.82) is 0 Å². The van der Waals surface area contributed by atoms with E-state index >= 15 is 0 Å². The van der Waals surface area contributed by atoms with E-state index in [-0.39, 0.29) is 34.7 Å². The van der Waals surface area contributed by atoms with Gasteiger partial charge < -0.3 is 5.11 Å². The molecule has 1 aromatic heterocycles. The SMILES string of the molecule is CC(CC(=O)O)Cn1nnnc1-c1c(F)cc(Br)cc1F. The number of halogens is 3. The second-order valence-electron chi connectivity index (χ2n) is 4.63. The van der Waals surface area contributed by atoms with Gasteiger partial charge in [-0.3, -0.25) is 4.79 Å². The molecule has 0 radical (unpaired) electrons. The van der Waals surface area contributed by atoms with Crippen molar-refractivity contribution in [3.05, 3.63) is 28.2 Å². The molecule has 112 valence electrons. The van der Waals surface area contributed by atoms with E-state index in [1.54, 1.807) is 6.92 Å². The molecule has 0 aliphatic rings. The molecule has 2 rings (SSSR count).